The van der Waals surface area contributed by atoms with E-state index in [4.69, 9.17) is 0 Å². The van der Waals surface area contributed by atoms with Crippen LogP contribution in [0.2, 0.25) is 0 Å². The molecule has 0 bridgehead atoms. The average Bonchev–Trinajstić information content (AvgIpc) is 3.08. The molecule has 1 saturated heterocycles. The molecule has 1 aliphatic carbocycles. The molecule has 1 aromatic carbocycles. The Morgan fingerprint density at radius 2 is 1.83 bits per heavy atom. The molecule has 0 spiro atoms. The Morgan fingerprint density at radius 3 is 2.52 bits per heavy atom. The number of para-hydroxylation sites is 1. The average molecular weight is 513 g/mol. The van der Waals surface area contributed by atoms with Gasteiger partial charge in [-0.15, -0.1) is 24.0 Å². The van der Waals surface area contributed by atoms with Crippen molar-refractivity contribution in [2.75, 3.05) is 25.0 Å². The number of nitrogens with zero attached hydrogens (tertiary/aromatic N) is 2. The number of amides is 2. The summed E-state index contributed by atoms with van der Waals surface area (Å²) in [6, 6.07) is 10.0. The van der Waals surface area contributed by atoms with Crippen molar-refractivity contribution >= 4 is 47.4 Å². The molecule has 3 rings (SSSR count). The Kier molecular flexibility index (Phi) is 9.69. The van der Waals surface area contributed by atoms with Gasteiger partial charge in [-0.3, -0.25) is 14.6 Å². The summed E-state index contributed by atoms with van der Waals surface area (Å²) in [5, 5.41) is 9.60. The maximum Gasteiger partial charge on any atom is 0.229 e. The van der Waals surface area contributed by atoms with Gasteiger partial charge >= 0.3 is 0 Å². The van der Waals surface area contributed by atoms with Crippen molar-refractivity contribution in [3.63, 3.8) is 0 Å². The normalized spacial score (nSPS) is 20.2. The van der Waals surface area contributed by atoms with Crippen LogP contribution in [0.4, 0.5) is 5.69 Å². The third-order valence-electron chi connectivity index (χ3n) is 5.37. The maximum atomic E-state index is 12.3. The predicted octanol–water partition coefficient (Wildman–Crippen LogP) is 2.41. The zero-order valence-electron chi connectivity index (χ0n) is 17.0. The summed E-state index contributed by atoms with van der Waals surface area (Å²) in [6.07, 6.45) is 6.72. The highest BCUT2D eigenvalue weighted by atomic mass is 127. The van der Waals surface area contributed by atoms with Crippen LogP contribution in [-0.2, 0) is 9.59 Å². The van der Waals surface area contributed by atoms with Crippen molar-refractivity contribution in [3.8, 4) is 0 Å². The van der Waals surface area contributed by atoms with Gasteiger partial charge in [0.05, 0.1) is 6.04 Å². The lowest BCUT2D eigenvalue weighted by Gasteiger charge is -2.23. The third kappa shape index (κ3) is 7.17. The number of aliphatic imine (C=N–C) groups is 1. The van der Waals surface area contributed by atoms with Crippen molar-refractivity contribution in [3.05, 3.63) is 30.3 Å². The molecule has 1 unspecified atom stereocenters. The highest BCUT2D eigenvalue weighted by Crippen LogP contribution is 2.21. The minimum Gasteiger partial charge on any atom is -0.356 e. The van der Waals surface area contributed by atoms with E-state index in [1.165, 1.54) is 19.3 Å². The van der Waals surface area contributed by atoms with Crippen molar-refractivity contribution in [1.82, 2.24) is 16.0 Å². The van der Waals surface area contributed by atoms with Crippen LogP contribution in [0.1, 0.15) is 44.9 Å². The highest BCUT2D eigenvalue weighted by Gasteiger charge is 2.31. The van der Waals surface area contributed by atoms with Crippen molar-refractivity contribution < 1.29 is 9.59 Å². The van der Waals surface area contributed by atoms with E-state index in [1.54, 1.807) is 11.9 Å². The molecule has 0 aromatic heterocycles. The molecule has 1 aromatic rings. The number of benzene rings is 1. The number of rotatable bonds is 6. The Bertz CT molecular complexity index is 692. The fourth-order valence-electron chi connectivity index (χ4n) is 3.89. The number of halogens is 1. The zero-order chi connectivity index (χ0) is 19.8. The number of carbonyl (C=O) groups is 2. The van der Waals surface area contributed by atoms with Gasteiger partial charge in [0, 0.05) is 44.7 Å². The van der Waals surface area contributed by atoms with Gasteiger partial charge in [0.1, 0.15) is 0 Å². The van der Waals surface area contributed by atoms with Gasteiger partial charge in [0.15, 0.2) is 5.96 Å². The lowest BCUT2D eigenvalue weighted by molar-refractivity contribution is -0.122. The molecule has 2 aliphatic rings. The second-order valence-corrected chi connectivity index (χ2v) is 7.54. The van der Waals surface area contributed by atoms with Gasteiger partial charge in [-0.2, -0.15) is 0 Å². The molecule has 1 saturated carbocycles. The Hall–Kier alpha value is -1.84. The van der Waals surface area contributed by atoms with E-state index in [9.17, 15) is 9.59 Å². The second kappa shape index (κ2) is 12.0. The molecule has 1 heterocycles. The Labute approximate surface area is 190 Å². The van der Waals surface area contributed by atoms with Crippen LogP contribution in [0.3, 0.4) is 0 Å². The Balaban J connectivity index is 0.00000300. The molecular weight excluding hydrogens is 481 g/mol. The number of carbonyl (C=O) groups excluding carboxylic acids is 2. The molecule has 160 valence electrons. The van der Waals surface area contributed by atoms with E-state index in [1.807, 2.05) is 30.3 Å². The summed E-state index contributed by atoms with van der Waals surface area (Å²) in [6.45, 7) is 1.12. The van der Waals surface area contributed by atoms with Crippen molar-refractivity contribution in [1.29, 1.82) is 0 Å². The van der Waals surface area contributed by atoms with Crippen LogP contribution in [0.25, 0.3) is 0 Å². The van der Waals surface area contributed by atoms with Crippen LogP contribution >= 0.6 is 24.0 Å². The SMILES string of the molecule is CN=C(NCCC(=O)NC1CCCCC1)NC1CC(=O)N(c2ccccc2)C1.I. The molecule has 0 radical (unpaired) electrons. The maximum absolute atomic E-state index is 12.3. The molecule has 1 atom stereocenters. The van der Waals surface area contributed by atoms with Crippen LogP contribution < -0.4 is 20.9 Å². The molecule has 8 heteroatoms. The highest BCUT2D eigenvalue weighted by molar-refractivity contribution is 14.0. The number of anilines is 1. The first-order valence-corrected chi connectivity index (χ1v) is 10.3. The first kappa shape index (κ1) is 23.4. The van der Waals surface area contributed by atoms with Gasteiger partial charge in [0.25, 0.3) is 0 Å². The molecule has 29 heavy (non-hydrogen) atoms. The summed E-state index contributed by atoms with van der Waals surface area (Å²) in [4.78, 5) is 30.4. The van der Waals surface area contributed by atoms with E-state index in [0.717, 1.165) is 18.5 Å². The predicted molar refractivity (Wildman–Crippen MR) is 127 cm³/mol. The van der Waals surface area contributed by atoms with E-state index >= 15 is 0 Å². The fourth-order valence-corrected chi connectivity index (χ4v) is 3.89. The smallest absolute Gasteiger partial charge is 0.229 e. The van der Waals surface area contributed by atoms with Crippen molar-refractivity contribution in [2.45, 2.75) is 57.0 Å². The van der Waals surface area contributed by atoms with Crippen molar-refractivity contribution in [2.24, 2.45) is 4.99 Å². The lowest BCUT2D eigenvalue weighted by Crippen LogP contribution is -2.46. The summed E-state index contributed by atoms with van der Waals surface area (Å²) < 4.78 is 0. The second-order valence-electron chi connectivity index (χ2n) is 7.54. The van der Waals surface area contributed by atoms with Gasteiger partial charge in [-0.05, 0) is 25.0 Å². The first-order chi connectivity index (χ1) is 13.7. The van der Waals surface area contributed by atoms with E-state index in [0.29, 0.717) is 37.9 Å². The summed E-state index contributed by atoms with van der Waals surface area (Å²) in [5.41, 5.74) is 0.916. The number of hydrogen-bond acceptors (Lipinski definition) is 3. The lowest BCUT2D eigenvalue weighted by atomic mass is 9.95. The third-order valence-corrected chi connectivity index (χ3v) is 5.37. The van der Waals surface area contributed by atoms with E-state index < -0.39 is 0 Å². The minimum absolute atomic E-state index is 0. The summed E-state index contributed by atoms with van der Waals surface area (Å²) >= 11 is 0. The largest absolute Gasteiger partial charge is 0.356 e. The van der Waals surface area contributed by atoms with E-state index in [-0.39, 0.29) is 41.8 Å². The molecule has 7 nitrogen and oxygen atoms in total. The number of hydrogen-bond donors (Lipinski definition) is 3. The van der Waals surface area contributed by atoms with Crippen LogP contribution in [0.15, 0.2) is 35.3 Å². The first-order valence-electron chi connectivity index (χ1n) is 10.3. The molecule has 3 N–H and O–H groups in total. The monoisotopic (exact) mass is 513 g/mol. The number of nitrogens with one attached hydrogen (secondary N) is 3. The quantitative estimate of drug-likeness (QED) is 0.310. The minimum atomic E-state index is -0.00466. The number of guanidine groups is 1. The molecule has 2 amide bonds. The van der Waals surface area contributed by atoms with Crippen LogP contribution in [-0.4, -0.2) is 50.0 Å². The topological polar surface area (TPSA) is 85.8 Å². The van der Waals surface area contributed by atoms with Crippen LogP contribution in [0, 0.1) is 0 Å². The van der Waals surface area contributed by atoms with Gasteiger partial charge in [0.2, 0.25) is 11.8 Å². The summed E-state index contributed by atoms with van der Waals surface area (Å²) in [5.74, 6) is 0.811. The molecule has 2 fully saturated rings. The Morgan fingerprint density at radius 1 is 1.10 bits per heavy atom. The standard InChI is InChI=1S/C21H31N5O2.HI/c1-22-21(23-13-12-19(27)24-16-8-4-2-5-9-16)25-17-14-20(28)26(15-17)18-10-6-3-7-11-18;/h3,6-7,10-11,16-17H,2,4-5,8-9,12-15H2,1H3,(H,24,27)(H2,22,23,25);1H. The van der Waals surface area contributed by atoms with Gasteiger partial charge in [-0.1, -0.05) is 37.5 Å². The van der Waals surface area contributed by atoms with E-state index in [2.05, 4.69) is 20.9 Å². The molecular formula is C21H32IN5O2. The fraction of sp³-hybridized carbons (Fsp3) is 0.571. The van der Waals surface area contributed by atoms with Crippen LogP contribution in [0.5, 0.6) is 0 Å². The van der Waals surface area contributed by atoms with Gasteiger partial charge < -0.3 is 20.9 Å². The molecule has 1 aliphatic heterocycles. The zero-order valence-corrected chi connectivity index (χ0v) is 19.4. The van der Waals surface area contributed by atoms with Gasteiger partial charge in [-0.25, -0.2) is 0 Å². The summed E-state index contributed by atoms with van der Waals surface area (Å²) in [7, 11) is 1.70.